The predicted molar refractivity (Wildman–Crippen MR) is 121 cm³/mol. The quantitative estimate of drug-likeness (QED) is 0.508. The lowest BCUT2D eigenvalue weighted by Gasteiger charge is -2.25. The normalized spacial score (nSPS) is 19.2. The second kappa shape index (κ2) is 7.30. The third-order valence-electron chi connectivity index (χ3n) is 5.74. The summed E-state index contributed by atoms with van der Waals surface area (Å²) in [6.07, 6.45) is 1.69. The average molecular weight is 490 g/mol. The van der Waals surface area contributed by atoms with Crippen molar-refractivity contribution < 1.29 is 13.2 Å². The van der Waals surface area contributed by atoms with E-state index >= 15 is 0 Å². The van der Waals surface area contributed by atoms with E-state index in [-0.39, 0.29) is 5.37 Å². The molecule has 0 saturated carbocycles. The number of sulfonamides is 1. The van der Waals surface area contributed by atoms with Crippen molar-refractivity contribution in [2.45, 2.75) is 23.1 Å². The fraction of sp³-hybridized carbons (Fsp3) is 0.273. The molecule has 1 aliphatic carbocycles. The number of hydrogen-bond acceptors (Lipinski definition) is 4. The molecule has 0 aromatic heterocycles. The van der Waals surface area contributed by atoms with Crippen LogP contribution in [0.4, 0.5) is 0 Å². The lowest BCUT2D eigenvalue weighted by atomic mass is 10.1. The fourth-order valence-corrected chi connectivity index (χ4v) is 8.45. The predicted octanol–water partition coefficient (Wildman–Crippen LogP) is 5.15. The van der Waals surface area contributed by atoms with Gasteiger partial charge in [0.05, 0.1) is 21.9 Å². The van der Waals surface area contributed by atoms with Crippen LogP contribution >= 0.6 is 27.7 Å². The molecule has 0 spiro atoms. The summed E-state index contributed by atoms with van der Waals surface area (Å²) in [5.74, 6) is 1.52. The Labute approximate surface area is 183 Å². The molecule has 4 nitrogen and oxygen atoms in total. The second-order valence-electron chi connectivity index (χ2n) is 7.29. The minimum atomic E-state index is -3.60. The van der Waals surface area contributed by atoms with E-state index in [1.165, 1.54) is 5.56 Å². The highest BCUT2D eigenvalue weighted by Gasteiger charge is 2.39. The van der Waals surface area contributed by atoms with Gasteiger partial charge in [-0.25, -0.2) is 8.42 Å². The van der Waals surface area contributed by atoms with Gasteiger partial charge in [-0.3, -0.25) is 0 Å². The van der Waals surface area contributed by atoms with E-state index in [9.17, 15) is 8.42 Å². The van der Waals surface area contributed by atoms with Gasteiger partial charge >= 0.3 is 0 Å². The zero-order valence-electron chi connectivity index (χ0n) is 15.9. The van der Waals surface area contributed by atoms with Gasteiger partial charge in [-0.2, -0.15) is 4.31 Å². The van der Waals surface area contributed by atoms with E-state index in [4.69, 9.17) is 4.74 Å². The van der Waals surface area contributed by atoms with Crippen molar-refractivity contribution in [2.75, 3.05) is 19.4 Å². The Kier molecular flexibility index (Phi) is 4.89. The van der Waals surface area contributed by atoms with Crippen LogP contribution < -0.4 is 4.74 Å². The topological polar surface area (TPSA) is 46.6 Å². The minimum Gasteiger partial charge on any atom is -0.496 e. The summed E-state index contributed by atoms with van der Waals surface area (Å²) in [5, 5.41) is 2.02. The maximum Gasteiger partial charge on any atom is 0.244 e. The highest BCUT2D eigenvalue weighted by Crippen LogP contribution is 2.45. The average Bonchev–Trinajstić information content (AvgIpc) is 3.37. The molecule has 1 unspecified atom stereocenters. The lowest BCUT2D eigenvalue weighted by molar-refractivity contribution is 0.410. The first-order chi connectivity index (χ1) is 14.0. The van der Waals surface area contributed by atoms with Crippen molar-refractivity contribution in [3.63, 3.8) is 0 Å². The van der Waals surface area contributed by atoms with Crippen LogP contribution in [0.3, 0.4) is 0 Å². The van der Waals surface area contributed by atoms with Gasteiger partial charge in [-0.15, -0.1) is 11.8 Å². The number of aryl methyl sites for hydroxylation is 2. The summed E-state index contributed by atoms with van der Waals surface area (Å²) in [5.41, 5.74) is 3.19. The van der Waals surface area contributed by atoms with Crippen LogP contribution in [0.25, 0.3) is 10.8 Å². The Bertz CT molecular complexity index is 1230. The molecule has 5 rings (SSSR count). The Morgan fingerprint density at radius 1 is 1.14 bits per heavy atom. The van der Waals surface area contributed by atoms with Crippen molar-refractivity contribution in [3.8, 4) is 5.75 Å². The van der Waals surface area contributed by atoms with Gasteiger partial charge in [0.1, 0.15) is 5.75 Å². The number of rotatable bonds is 4. The molecule has 1 saturated heterocycles. The molecule has 150 valence electrons. The Morgan fingerprint density at radius 3 is 2.79 bits per heavy atom. The first kappa shape index (κ1) is 19.4. The summed E-state index contributed by atoms with van der Waals surface area (Å²) in [7, 11) is -1.98. The summed E-state index contributed by atoms with van der Waals surface area (Å²) in [6.45, 7) is 0.514. The van der Waals surface area contributed by atoms with Crippen LogP contribution in [0.5, 0.6) is 5.75 Å². The molecule has 0 radical (unpaired) electrons. The van der Waals surface area contributed by atoms with Crippen LogP contribution in [0.2, 0.25) is 0 Å². The first-order valence-electron chi connectivity index (χ1n) is 9.51. The number of nitrogens with zero attached hydrogens (tertiary/aromatic N) is 1. The molecule has 0 amide bonds. The zero-order chi connectivity index (χ0) is 20.2. The van der Waals surface area contributed by atoms with Crippen LogP contribution in [0, 0.1) is 0 Å². The molecule has 1 heterocycles. The Hall–Kier alpha value is -1.54. The van der Waals surface area contributed by atoms with E-state index in [1.54, 1.807) is 29.2 Å². The molecule has 3 aromatic rings. The Morgan fingerprint density at radius 2 is 2.00 bits per heavy atom. The van der Waals surface area contributed by atoms with E-state index in [2.05, 4.69) is 34.1 Å². The van der Waals surface area contributed by atoms with Gasteiger partial charge in [-0.05, 0) is 74.4 Å². The molecular formula is C22H20BrNO3S2. The minimum absolute atomic E-state index is 0.234. The van der Waals surface area contributed by atoms with Crippen LogP contribution in [0.15, 0.2) is 57.9 Å². The van der Waals surface area contributed by atoms with Gasteiger partial charge in [0.25, 0.3) is 0 Å². The SMILES string of the molecule is COc1ccc(C2SCCN2S(=O)(=O)c2ccc3cccc4c3c2CC4)cc1Br. The molecule has 1 aliphatic heterocycles. The zero-order valence-corrected chi connectivity index (χ0v) is 19.1. The number of hydrogen-bond donors (Lipinski definition) is 0. The molecule has 1 atom stereocenters. The van der Waals surface area contributed by atoms with Crippen molar-refractivity contribution in [2.24, 2.45) is 0 Å². The van der Waals surface area contributed by atoms with Gasteiger partial charge in [0.2, 0.25) is 10.0 Å². The van der Waals surface area contributed by atoms with E-state index in [1.807, 2.05) is 24.3 Å². The summed E-state index contributed by atoms with van der Waals surface area (Å²) >= 11 is 5.19. The molecule has 29 heavy (non-hydrogen) atoms. The summed E-state index contributed by atoms with van der Waals surface area (Å²) < 4.78 is 35.3. The number of halogens is 1. The summed E-state index contributed by atoms with van der Waals surface area (Å²) in [6, 6.07) is 15.8. The van der Waals surface area contributed by atoms with Gasteiger partial charge in [0.15, 0.2) is 0 Å². The largest absolute Gasteiger partial charge is 0.496 e. The molecular weight excluding hydrogens is 470 g/mol. The molecule has 3 aromatic carbocycles. The fourth-order valence-electron chi connectivity index (χ4n) is 4.40. The van der Waals surface area contributed by atoms with Crippen molar-refractivity contribution in [1.29, 1.82) is 0 Å². The first-order valence-corrected chi connectivity index (χ1v) is 12.8. The van der Waals surface area contributed by atoms with Crippen molar-refractivity contribution >= 4 is 48.5 Å². The standard InChI is InChI=1S/C22H20BrNO3S2/c1-27-19-9-6-16(13-18(19)23)22-24(11-12-28-22)29(25,26)20-10-7-15-4-2-3-14-5-8-17(20)21(14)15/h2-4,6-7,9-10,13,22H,5,8,11-12H2,1H3. The third kappa shape index (κ3) is 3.10. The molecule has 0 N–H and O–H groups in total. The smallest absolute Gasteiger partial charge is 0.244 e. The van der Waals surface area contributed by atoms with E-state index < -0.39 is 10.0 Å². The molecule has 0 bridgehead atoms. The molecule has 1 fully saturated rings. The monoisotopic (exact) mass is 489 g/mol. The highest BCUT2D eigenvalue weighted by atomic mass is 79.9. The van der Waals surface area contributed by atoms with Crippen LogP contribution in [-0.2, 0) is 22.9 Å². The van der Waals surface area contributed by atoms with Gasteiger partial charge in [0, 0.05) is 12.3 Å². The Balaban J connectivity index is 1.58. The molecule has 2 aliphatic rings. The van der Waals surface area contributed by atoms with Crippen molar-refractivity contribution in [1.82, 2.24) is 4.31 Å². The number of thioether (sulfide) groups is 1. The van der Waals surface area contributed by atoms with E-state index in [0.29, 0.717) is 11.4 Å². The third-order valence-corrected chi connectivity index (χ3v) is 9.70. The van der Waals surface area contributed by atoms with Crippen LogP contribution in [-0.4, -0.2) is 32.1 Å². The number of benzene rings is 3. The maximum atomic E-state index is 13.7. The lowest BCUT2D eigenvalue weighted by Crippen LogP contribution is -2.31. The highest BCUT2D eigenvalue weighted by molar-refractivity contribution is 9.10. The number of ether oxygens (including phenoxy) is 1. The molecule has 7 heteroatoms. The van der Waals surface area contributed by atoms with Crippen molar-refractivity contribution in [3.05, 3.63) is 69.7 Å². The van der Waals surface area contributed by atoms with Crippen LogP contribution in [0.1, 0.15) is 22.1 Å². The second-order valence-corrected chi connectivity index (χ2v) is 11.2. The van der Waals surface area contributed by atoms with Gasteiger partial charge < -0.3 is 4.74 Å². The maximum absolute atomic E-state index is 13.7. The number of methoxy groups -OCH3 is 1. The van der Waals surface area contributed by atoms with Gasteiger partial charge in [-0.1, -0.05) is 30.3 Å². The summed E-state index contributed by atoms with van der Waals surface area (Å²) in [4.78, 5) is 0.468. The van der Waals surface area contributed by atoms with E-state index in [0.717, 1.165) is 50.7 Å².